The molecule has 0 spiro atoms. The first-order valence-corrected chi connectivity index (χ1v) is 3.92. The SMILES string of the molecule is CCCS.OCCS. The van der Waals surface area contributed by atoms with Gasteiger partial charge in [0.2, 0.25) is 0 Å². The Kier molecular flexibility index (Phi) is 22.4. The molecular weight excluding hydrogens is 140 g/mol. The van der Waals surface area contributed by atoms with Gasteiger partial charge in [-0.05, 0) is 12.2 Å². The average Bonchev–Trinajstić information content (AvgIpc) is 1.88. The Hall–Kier alpha value is 0.660. The van der Waals surface area contributed by atoms with Crippen LogP contribution in [-0.4, -0.2) is 23.2 Å². The smallest absolute Gasteiger partial charge is 0.0519 e. The minimum absolute atomic E-state index is 0.184. The zero-order chi connectivity index (χ0) is 6.83. The average molecular weight is 154 g/mol. The van der Waals surface area contributed by atoms with E-state index >= 15 is 0 Å². The van der Waals surface area contributed by atoms with Gasteiger partial charge in [-0.15, -0.1) is 0 Å². The van der Waals surface area contributed by atoms with Crippen molar-refractivity contribution in [3.8, 4) is 0 Å². The van der Waals surface area contributed by atoms with Crippen molar-refractivity contribution in [3.63, 3.8) is 0 Å². The van der Waals surface area contributed by atoms with Crippen LogP contribution in [0.5, 0.6) is 0 Å². The van der Waals surface area contributed by atoms with Crippen LogP contribution in [0.3, 0.4) is 0 Å². The summed E-state index contributed by atoms with van der Waals surface area (Å²) in [5.74, 6) is 1.58. The zero-order valence-electron chi connectivity index (χ0n) is 5.17. The van der Waals surface area contributed by atoms with E-state index in [2.05, 4.69) is 32.2 Å². The molecule has 1 N–H and O–H groups in total. The van der Waals surface area contributed by atoms with Gasteiger partial charge in [0.05, 0.1) is 6.61 Å². The third kappa shape index (κ3) is 30.2. The molecule has 0 aromatic rings. The summed E-state index contributed by atoms with van der Waals surface area (Å²) in [6.45, 7) is 2.29. The summed E-state index contributed by atoms with van der Waals surface area (Å²) in [6, 6.07) is 0. The van der Waals surface area contributed by atoms with Gasteiger partial charge in [-0.3, -0.25) is 0 Å². The highest BCUT2D eigenvalue weighted by Crippen LogP contribution is 1.74. The predicted molar refractivity (Wildman–Crippen MR) is 45.1 cm³/mol. The third-order valence-corrected chi connectivity index (χ3v) is 0.971. The van der Waals surface area contributed by atoms with Crippen molar-refractivity contribution in [2.75, 3.05) is 18.1 Å². The maximum absolute atomic E-state index is 7.80. The van der Waals surface area contributed by atoms with Crippen molar-refractivity contribution in [3.05, 3.63) is 0 Å². The van der Waals surface area contributed by atoms with Crippen molar-refractivity contribution < 1.29 is 5.11 Å². The highest BCUT2D eigenvalue weighted by atomic mass is 32.1. The number of thiol groups is 2. The van der Waals surface area contributed by atoms with E-state index in [0.29, 0.717) is 5.75 Å². The normalized spacial score (nSPS) is 7.50. The number of rotatable bonds is 2. The second kappa shape index (κ2) is 15.6. The predicted octanol–water partition coefficient (Wildman–Crippen LogP) is 1.23. The Morgan fingerprint density at radius 3 is 1.50 bits per heavy atom. The minimum atomic E-state index is 0.184. The lowest BCUT2D eigenvalue weighted by Gasteiger charge is -1.69. The van der Waals surface area contributed by atoms with Crippen molar-refractivity contribution in [2.45, 2.75) is 13.3 Å². The van der Waals surface area contributed by atoms with Gasteiger partial charge in [0.15, 0.2) is 0 Å². The molecular formula is C5H14OS2. The number of aliphatic hydroxyl groups excluding tert-OH is 1. The molecule has 0 aromatic carbocycles. The van der Waals surface area contributed by atoms with Crippen molar-refractivity contribution in [1.29, 1.82) is 0 Å². The molecule has 0 saturated heterocycles. The summed E-state index contributed by atoms with van der Waals surface area (Å²) in [4.78, 5) is 0. The Balaban J connectivity index is 0. The summed E-state index contributed by atoms with van der Waals surface area (Å²) in [5.41, 5.74) is 0. The number of hydrogen-bond donors (Lipinski definition) is 3. The molecule has 0 radical (unpaired) electrons. The maximum Gasteiger partial charge on any atom is 0.0519 e. The fourth-order valence-electron chi connectivity index (χ4n) is 0. The Bertz CT molecular complexity index is 18.4. The van der Waals surface area contributed by atoms with Gasteiger partial charge in [-0.25, -0.2) is 0 Å². The van der Waals surface area contributed by atoms with E-state index in [4.69, 9.17) is 5.11 Å². The van der Waals surface area contributed by atoms with Crippen molar-refractivity contribution >= 4 is 25.3 Å². The van der Waals surface area contributed by atoms with Crippen LogP contribution in [0.25, 0.3) is 0 Å². The standard InChI is InChI=1S/C3H8S.C2H6OS/c1-2-3-4;3-1-2-4/h4H,2-3H2,1H3;3-4H,1-2H2. The van der Waals surface area contributed by atoms with Gasteiger partial charge in [-0.1, -0.05) is 6.92 Å². The molecule has 0 bridgehead atoms. The molecule has 0 amide bonds. The first-order chi connectivity index (χ1) is 3.83. The van der Waals surface area contributed by atoms with Gasteiger partial charge in [-0.2, -0.15) is 25.3 Å². The molecule has 3 heteroatoms. The van der Waals surface area contributed by atoms with Crippen molar-refractivity contribution in [2.24, 2.45) is 0 Å². The molecule has 0 aliphatic carbocycles. The van der Waals surface area contributed by atoms with Crippen LogP contribution >= 0.6 is 25.3 Å². The van der Waals surface area contributed by atoms with Crippen LogP contribution in [0.15, 0.2) is 0 Å². The fraction of sp³-hybridized carbons (Fsp3) is 1.00. The highest BCUT2D eigenvalue weighted by Gasteiger charge is 1.58. The van der Waals surface area contributed by atoms with Gasteiger partial charge in [0, 0.05) is 5.75 Å². The molecule has 0 heterocycles. The number of hydrogen-bond acceptors (Lipinski definition) is 3. The Morgan fingerprint density at radius 1 is 1.25 bits per heavy atom. The van der Waals surface area contributed by atoms with Crippen molar-refractivity contribution in [1.82, 2.24) is 0 Å². The first-order valence-electron chi connectivity index (χ1n) is 2.66. The zero-order valence-corrected chi connectivity index (χ0v) is 6.96. The second-order valence-corrected chi connectivity index (χ2v) is 2.07. The molecule has 1 nitrogen and oxygen atoms in total. The molecule has 0 aromatic heterocycles. The van der Waals surface area contributed by atoms with E-state index < -0.39 is 0 Å². The van der Waals surface area contributed by atoms with Gasteiger partial charge < -0.3 is 5.11 Å². The van der Waals surface area contributed by atoms with E-state index in [1.807, 2.05) is 0 Å². The lowest BCUT2D eigenvalue weighted by molar-refractivity contribution is 0.323. The first kappa shape index (κ1) is 11.5. The Labute approximate surface area is 62.3 Å². The molecule has 0 unspecified atom stereocenters. The summed E-state index contributed by atoms with van der Waals surface area (Å²) in [7, 11) is 0. The van der Waals surface area contributed by atoms with Crippen LogP contribution in [0.2, 0.25) is 0 Å². The lowest BCUT2D eigenvalue weighted by Crippen LogP contribution is -1.76. The van der Waals surface area contributed by atoms with E-state index in [1.54, 1.807) is 0 Å². The third-order valence-electron chi connectivity index (χ3n) is 0.324. The van der Waals surface area contributed by atoms with E-state index in [-0.39, 0.29) is 6.61 Å². The van der Waals surface area contributed by atoms with Crippen LogP contribution in [0.1, 0.15) is 13.3 Å². The van der Waals surface area contributed by atoms with Gasteiger partial charge >= 0.3 is 0 Å². The van der Waals surface area contributed by atoms with E-state index in [0.717, 1.165) is 5.75 Å². The fourth-order valence-corrected chi connectivity index (χ4v) is 0. The van der Waals surface area contributed by atoms with Crippen LogP contribution in [-0.2, 0) is 0 Å². The summed E-state index contributed by atoms with van der Waals surface area (Å²) >= 11 is 7.59. The van der Waals surface area contributed by atoms with Gasteiger partial charge in [0.1, 0.15) is 0 Å². The second-order valence-electron chi connectivity index (χ2n) is 1.17. The monoisotopic (exact) mass is 154 g/mol. The minimum Gasteiger partial charge on any atom is -0.396 e. The molecule has 52 valence electrons. The molecule has 0 fully saturated rings. The van der Waals surface area contributed by atoms with Crippen LogP contribution in [0, 0.1) is 0 Å². The Morgan fingerprint density at radius 2 is 1.50 bits per heavy atom. The molecule has 0 atom stereocenters. The summed E-state index contributed by atoms with van der Waals surface area (Å²) in [5, 5.41) is 7.80. The molecule has 0 aliphatic heterocycles. The summed E-state index contributed by atoms with van der Waals surface area (Å²) in [6.07, 6.45) is 1.18. The largest absolute Gasteiger partial charge is 0.396 e. The van der Waals surface area contributed by atoms with Crippen LogP contribution in [0.4, 0.5) is 0 Å². The molecule has 8 heavy (non-hydrogen) atoms. The molecule has 0 saturated carbocycles. The highest BCUT2D eigenvalue weighted by molar-refractivity contribution is 7.80. The topological polar surface area (TPSA) is 20.2 Å². The van der Waals surface area contributed by atoms with Crippen LogP contribution < -0.4 is 0 Å². The number of aliphatic hydroxyl groups is 1. The lowest BCUT2D eigenvalue weighted by atomic mass is 10.6. The maximum atomic E-state index is 7.80. The quantitative estimate of drug-likeness (QED) is 0.511. The molecule has 0 rings (SSSR count). The van der Waals surface area contributed by atoms with E-state index in [1.165, 1.54) is 6.42 Å². The van der Waals surface area contributed by atoms with E-state index in [9.17, 15) is 0 Å². The van der Waals surface area contributed by atoms with Gasteiger partial charge in [0.25, 0.3) is 0 Å². The molecule has 0 aliphatic rings. The summed E-state index contributed by atoms with van der Waals surface area (Å²) < 4.78 is 0.